The van der Waals surface area contributed by atoms with E-state index >= 15 is 0 Å². The van der Waals surface area contributed by atoms with E-state index in [4.69, 9.17) is 26.9 Å². The molecule has 2 rings (SSSR count). The van der Waals surface area contributed by atoms with E-state index in [1.807, 2.05) is 0 Å². The third-order valence-electron chi connectivity index (χ3n) is 2.45. The van der Waals surface area contributed by atoms with Crippen LogP contribution in [0.15, 0.2) is 24.2 Å². The molecule has 1 saturated carbocycles. The van der Waals surface area contributed by atoms with Crippen LogP contribution in [0.5, 0.6) is 0 Å². The lowest BCUT2D eigenvalue weighted by Gasteiger charge is -2.35. The van der Waals surface area contributed by atoms with Gasteiger partial charge in [0, 0.05) is 7.76 Å². The predicted molar refractivity (Wildman–Crippen MR) is 62.2 cm³/mol. The summed E-state index contributed by atoms with van der Waals surface area (Å²) in [5.74, 6) is -1.26. The van der Waals surface area contributed by atoms with Crippen molar-refractivity contribution in [2.75, 3.05) is 0 Å². The lowest BCUT2D eigenvalue weighted by molar-refractivity contribution is -0.136. The number of aliphatic hydroxyl groups is 1. The average molecular weight is 247 g/mol. The van der Waals surface area contributed by atoms with Gasteiger partial charge in [-0.1, -0.05) is 29.7 Å². The first kappa shape index (κ1) is 5.63. The van der Waals surface area contributed by atoms with E-state index in [1.54, 1.807) is 0 Å². The zero-order chi connectivity index (χ0) is 18.0. The third kappa shape index (κ3) is 1.75. The van der Waals surface area contributed by atoms with Gasteiger partial charge in [0.1, 0.15) is 11.6 Å². The van der Waals surface area contributed by atoms with Crippen LogP contribution in [0.4, 0.5) is 0 Å². The average Bonchev–Trinajstić information content (AvgIpc) is 2.39. The summed E-state index contributed by atoms with van der Waals surface area (Å²) in [4.78, 5) is 12.4. The van der Waals surface area contributed by atoms with Crippen molar-refractivity contribution < 1.29 is 19.5 Å². The summed E-state index contributed by atoms with van der Waals surface area (Å²) >= 11 is 5.94. The fourth-order valence-electron chi connectivity index (χ4n) is 1.60. The number of Topliss-reactive ketones (excluding diaryl/α,β-unsaturated/α-hetero) is 1. The highest BCUT2D eigenvalue weighted by molar-refractivity contribution is 6.31. The summed E-state index contributed by atoms with van der Waals surface area (Å²) in [6.07, 6.45) is -6.47. The Balaban J connectivity index is 2.81. The van der Waals surface area contributed by atoms with Crippen LogP contribution in [0.25, 0.3) is 0 Å². The third-order valence-corrected chi connectivity index (χ3v) is 2.73. The standard InChI is InChI=1S/C12H14ClNO2/c13-9-5-2-1-4-8(9)12(14)7-3-6-10(15)11(12)16/h1-2,4-5,10,15H,3,6-7,14H2/i1D,2D,3D2,4D,5D,10D. The SMILES string of the molecule is [2H]c1c([2H])c([2H])c(C2(N)CC([2H])([2H])CC([2H])(O)C2=O)c(Cl)c1[2H]. The van der Waals surface area contributed by atoms with Crippen molar-refractivity contribution in [3.8, 4) is 0 Å². The van der Waals surface area contributed by atoms with Crippen LogP contribution < -0.4 is 5.73 Å². The summed E-state index contributed by atoms with van der Waals surface area (Å²) in [6.45, 7) is 0. The lowest BCUT2D eigenvalue weighted by atomic mass is 9.75. The van der Waals surface area contributed by atoms with E-state index < -0.39 is 71.4 Å². The molecule has 0 amide bonds. The normalized spacial score (nSPS) is 44.4. The van der Waals surface area contributed by atoms with Gasteiger partial charge in [0.05, 0.1) is 6.85 Å². The maximum atomic E-state index is 12.4. The molecule has 0 radical (unpaired) electrons. The Morgan fingerprint density at radius 2 is 2.38 bits per heavy atom. The Hall–Kier alpha value is -0.900. The van der Waals surface area contributed by atoms with Gasteiger partial charge in [0.2, 0.25) is 0 Å². The summed E-state index contributed by atoms with van der Waals surface area (Å²) in [7, 11) is 0. The monoisotopic (exact) mass is 246 g/mol. The molecule has 86 valence electrons. The molecule has 0 aliphatic heterocycles. The van der Waals surface area contributed by atoms with Crippen LogP contribution in [-0.2, 0) is 10.3 Å². The number of halogens is 1. The van der Waals surface area contributed by atoms with E-state index in [1.165, 1.54) is 0 Å². The van der Waals surface area contributed by atoms with Gasteiger partial charge in [0.25, 0.3) is 0 Å². The van der Waals surface area contributed by atoms with E-state index in [9.17, 15) is 9.90 Å². The minimum Gasteiger partial charge on any atom is -0.385 e. The quantitative estimate of drug-likeness (QED) is 0.791. The lowest BCUT2D eigenvalue weighted by Crippen LogP contribution is -2.52. The smallest absolute Gasteiger partial charge is 0.185 e. The Morgan fingerprint density at radius 1 is 1.69 bits per heavy atom. The van der Waals surface area contributed by atoms with Gasteiger partial charge in [-0.05, 0) is 30.8 Å². The van der Waals surface area contributed by atoms with Crippen LogP contribution in [0.3, 0.4) is 0 Å². The van der Waals surface area contributed by atoms with Gasteiger partial charge >= 0.3 is 0 Å². The van der Waals surface area contributed by atoms with Crippen molar-refractivity contribution in [2.24, 2.45) is 5.73 Å². The zero-order valence-corrected chi connectivity index (χ0v) is 8.98. The highest BCUT2D eigenvalue weighted by Crippen LogP contribution is 2.35. The van der Waals surface area contributed by atoms with Crippen LogP contribution in [0.1, 0.15) is 34.4 Å². The molecule has 1 aliphatic carbocycles. The largest absolute Gasteiger partial charge is 0.385 e. The number of rotatable bonds is 1. The van der Waals surface area contributed by atoms with Gasteiger partial charge in [0.15, 0.2) is 5.78 Å². The molecule has 0 heterocycles. The van der Waals surface area contributed by atoms with Crippen molar-refractivity contribution in [3.05, 3.63) is 34.8 Å². The Bertz CT molecular complexity index is 680. The fraction of sp³-hybridized carbons (Fsp3) is 0.417. The first-order valence-corrected chi connectivity index (χ1v) is 4.95. The molecule has 1 aromatic rings. The zero-order valence-electron chi connectivity index (χ0n) is 15.2. The van der Waals surface area contributed by atoms with E-state index in [-0.39, 0.29) is 0 Å². The first-order chi connectivity index (χ1) is 10.2. The molecule has 1 aromatic carbocycles. The molecule has 2 unspecified atom stereocenters. The predicted octanol–water partition coefficient (Wildman–Crippen LogP) is 1.61. The number of carbonyl (C=O) groups excluding carboxylic acids is 1. The van der Waals surface area contributed by atoms with E-state index in [0.29, 0.717) is 0 Å². The molecule has 2 atom stereocenters. The van der Waals surface area contributed by atoms with Crippen molar-refractivity contribution in [3.63, 3.8) is 0 Å². The van der Waals surface area contributed by atoms with Crippen LogP contribution in [0.2, 0.25) is 5.02 Å². The minimum atomic E-state index is -2.82. The fourth-order valence-corrected chi connectivity index (χ4v) is 1.87. The van der Waals surface area contributed by atoms with Gasteiger partial charge in [-0.3, -0.25) is 4.79 Å². The Morgan fingerprint density at radius 3 is 3.12 bits per heavy atom. The van der Waals surface area contributed by atoms with Crippen molar-refractivity contribution >= 4 is 17.4 Å². The van der Waals surface area contributed by atoms with Crippen LogP contribution >= 0.6 is 11.6 Å². The van der Waals surface area contributed by atoms with Gasteiger partial charge in [-0.25, -0.2) is 0 Å². The van der Waals surface area contributed by atoms with Crippen molar-refractivity contribution in [2.45, 2.75) is 30.8 Å². The van der Waals surface area contributed by atoms with Gasteiger partial charge in [-0.2, -0.15) is 0 Å². The number of hydrogen-bond donors (Lipinski definition) is 2. The molecule has 16 heavy (non-hydrogen) atoms. The second-order valence-electron chi connectivity index (χ2n) is 3.54. The van der Waals surface area contributed by atoms with Crippen molar-refractivity contribution in [1.82, 2.24) is 0 Å². The molecule has 1 fully saturated rings. The van der Waals surface area contributed by atoms with E-state index in [2.05, 4.69) is 0 Å². The maximum Gasteiger partial charge on any atom is 0.185 e. The van der Waals surface area contributed by atoms with Gasteiger partial charge in [-0.15, -0.1) is 0 Å². The molecule has 3 nitrogen and oxygen atoms in total. The molecule has 0 saturated heterocycles. The molecule has 3 N–H and O–H groups in total. The number of carbonyl (C=O) groups is 1. The van der Waals surface area contributed by atoms with Gasteiger partial charge < -0.3 is 10.8 Å². The summed E-state index contributed by atoms with van der Waals surface area (Å²) in [5.41, 5.74) is 3.11. The molecule has 4 heteroatoms. The first-order valence-electron chi connectivity index (χ1n) is 8.07. The molecule has 0 bridgehead atoms. The van der Waals surface area contributed by atoms with Crippen LogP contribution in [0, 0.1) is 0 Å². The number of benzene rings is 1. The number of hydrogen-bond acceptors (Lipinski definition) is 3. The molecule has 1 aliphatic rings. The van der Waals surface area contributed by atoms with Crippen LogP contribution in [-0.4, -0.2) is 17.0 Å². The number of ketones is 1. The summed E-state index contributed by atoms with van der Waals surface area (Å²) < 4.78 is 54.0. The second-order valence-corrected chi connectivity index (χ2v) is 3.92. The second kappa shape index (κ2) is 4.17. The van der Waals surface area contributed by atoms with E-state index in [0.717, 1.165) is 0 Å². The molecule has 0 aromatic heterocycles. The highest BCUT2D eigenvalue weighted by Gasteiger charge is 2.43. The number of nitrogens with two attached hydrogens (primary N) is 1. The van der Waals surface area contributed by atoms with Crippen molar-refractivity contribution in [1.29, 1.82) is 0 Å². The Labute approximate surface area is 109 Å². The maximum absolute atomic E-state index is 12.4. The minimum absolute atomic E-state index is 0.510. The topological polar surface area (TPSA) is 63.3 Å². The molecule has 0 spiro atoms. The summed E-state index contributed by atoms with van der Waals surface area (Å²) in [6, 6.07) is -2.63. The highest BCUT2D eigenvalue weighted by atomic mass is 35.5. The summed E-state index contributed by atoms with van der Waals surface area (Å²) in [5, 5.41) is 9.39. The molecular formula is C12H14ClNO2. The Kier molecular flexibility index (Phi) is 1.46. The molecular weight excluding hydrogens is 226 g/mol.